The van der Waals surface area contributed by atoms with Gasteiger partial charge in [-0.25, -0.2) is 18.6 Å². The lowest BCUT2D eigenvalue weighted by molar-refractivity contribution is -0.140. The van der Waals surface area contributed by atoms with Crippen LogP contribution in [-0.2, 0) is 4.79 Å². The van der Waals surface area contributed by atoms with Gasteiger partial charge in [0.1, 0.15) is 11.7 Å². The summed E-state index contributed by atoms with van der Waals surface area (Å²) in [5.74, 6) is -2.24. The van der Waals surface area contributed by atoms with E-state index >= 15 is 0 Å². The van der Waals surface area contributed by atoms with E-state index < -0.39 is 30.8 Å². The van der Waals surface area contributed by atoms with Crippen LogP contribution in [0.25, 0.3) is 0 Å². The third-order valence-corrected chi connectivity index (χ3v) is 3.02. The minimum absolute atomic E-state index is 0.0815. The fourth-order valence-electron chi connectivity index (χ4n) is 1.37. The van der Waals surface area contributed by atoms with Crippen LogP contribution in [0.2, 0.25) is 0 Å². The molecule has 1 rings (SSSR count). The first-order valence-electron chi connectivity index (χ1n) is 5.07. The van der Waals surface area contributed by atoms with Crippen LogP contribution >= 0.6 is 11.3 Å². The maximum Gasteiger partial charge on any atom is 0.326 e. The van der Waals surface area contributed by atoms with Gasteiger partial charge in [-0.2, -0.15) is 0 Å². The number of carbonyl (C=O) groups is 2. The number of halogens is 2. The van der Waals surface area contributed by atoms with Gasteiger partial charge in [-0.05, 0) is 13.8 Å². The average molecular weight is 278 g/mol. The molecule has 0 radical (unpaired) electrons. The van der Waals surface area contributed by atoms with Crippen LogP contribution in [0.15, 0.2) is 0 Å². The second kappa shape index (κ2) is 5.85. The largest absolute Gasteiger partial charge is 0.480 e. The van der Waals surface area contributed by atoms with Gasteiger partial charge in [0.2, 0.25) is 6.43 Å². The number of carboxylic acids is 1. The minimum Gasteiger partial charge on any atom is -0.480 e. The SMILES string of the molecule is Cc1nc(C(=O)NC(CC(F)F)C(=O)O)c(C)s1. The Bertz CT molecular complexity index is 462. The molecule has 5 nitrogen and oxygen atoms in total. The first kappa shape index (κ1) is 14.5. The van der Waals surface area contributed by atoms with E-state index in [0.717, 1.165) is 0 Å². The molecule has 0 aliphatic carbocycles. The van der Waals surface area contributed by atoms with Gasteiger partial charge in [0, 0.05) is 11.3 Å². The molecule has 1 unspecified atom stereocenters. The van der Waals surface area contributed by atoms with Crippen LogP contribution in [0.4, 0.5) is 8.78 Å². The van der Waals surface area contributed by atoms with Crippen molar-refractivity contribution in [1.82, 2.24) is 10.3 Å². The Kier molecular flexibility index (Phi) is 4.71. The molecule has 1 amide bonds. The third-order valence-electron chi connectivity index (χ3n) is 2.14. The van der Waals surface area contributed by atoms with E-state index in [-0.39, 0.29) is 5.69 Å². The van der Waals surface area contributed by atoms with Gasteiger partial charge >= 0.3 is 5.97 Å². The molecule has 0 saturated carbocycles. The predicted molar refractivity (Wildman–Crippen MR) is 61.1 cm³/mol. The van der Waals surface area contributed by atoms with Crippen molar-refractivity contribution in [3.63, 3.8) is 0 Å². The number of nitrogens with one attached hydrogen (secondary N) is 1. The Labute approximate surface area is 106 Å². The normalized spacial score (nSPS) is 12.5. The second-order valence-corrected chi connectivity index (χ2v) is 5.04. The zero-order valence-electron chi connectivity index (χ0n) is 9.74. The monoisotopic (exact) mass is 278 g/mol. The molecular weight excluding hydrogens is 266 g/mol. The van der Waals surface area contributed by atoms with Crippen molar-refractivity contribution in [2.24, 2.45) is 0 Å². The number of aryl methyl sites for hydroxylation is 2. The summed E-state index contributed by atoms with van der Waals surface area (Å²) in [5, 5.41) is 11.4. The molecule has 1 heterocycles. The zero-order chi connectivity index (χ0) is 13.9. The van der Waals surface area contributed by atoms with Crippen LogP contribution in [0, 0.1) is 13.8 Å². The molecule has 0 spiro atoms. The van der Waals surface area contributed by atoms with Crippen LogP contribution in [0.3, 0.4) is 0 Å². The van der Waals surface area contributed by atoms with E-state index in [2.05, 4.69) is 4.98 Å². The molecule has 0 saturated heterocycles. The van der Waals surface area contributed by atoms with Crippen molar-refractivity contribution in [2.45, 2.75) is 32.7 Å². The number of amides is 1. The number of aromatic nitrogens is 1. The number of thiazole rings is 1. The number of hydrogen-bond donors (Lipinski definition) is 2. The quantitative estimate of drug-likeness (QED) is 0.857. The molecule has 18 heavy (non-hydrogen) atoms. The Hall–Kier alpha value is -1.57. The lowest BCUT2D eigenvalue weighted by Gasteiger charge is -2.13. The minimum atomic E-state index is -2.80. The fraction of sp³-hybridized carbons (Fsp3) is 0.500. The highest BCUT2D eigenvalue weighted by molar-refractivity contribution is 7.11. The van der Waals surface area contributed by atoms with Crippen molar-refractivity contribution in [2.75, 3.05) is 0 Å². The van der Waals surface area contributed by atoms with Gasteiger partial charge in [0.15, 0.2) is 0 Å². The van der Waals surface area contributed by atoms with Gasteiger partial charge < -0.3 is 10.4 Å². The van der Waals surface area contributed by atoms with Crippen molar-refractivity contribution in [3.8, 4) is 0 Å². The molecule has 1 atom stereocenters. The summed E-state index contributed by atoms with van der Waals surface area (Å²) < 4.78 is 24.3. The van der Waals surface area contributed by atoms with Crippen molar-refractivity contribution in [1.29, 1.82) is 0 Å². The Morgan fingerprint density at radius 2 is 2.06 bits per heavy atom. The lowest BCUT2D eigenvalue weighted by atomic mass is 10.2. The maximum atomic E-state index is 12.2. The first-order chi connectivity index (χ1) is 8.31. The molecule has 0 fully saturated rings. The summed E-state index contributed by atoms with van der Waals surface area (Å²) in [6.07, 6.45) is -3.73. The zero-order valence-corrected chi connectivity index (χ0v) is 10.6. The molecule has 2 N–H and O–H groups in total. The van der Waals surface area contributed by atoms with Gasteiger partial charge in [-0.1, -0.05) is 0 Å². The standard InChI is InChI=1S/C10H12F2N2O3S/c1-4-8(13-5(2)18-4)9(15)14-6(10(16)17)3-7(11)12/h6-7H,3H2,1-2H3,(H,14,15)(H,16,17). The topological polar surface area (TPSA) is 79.3 Å². The molecule has 100 valence electrons. The van der Waals surface area contributed by atoms with Crippen LogP contribution in [-0.4, -0.2) is 34.4 Å². The molecule has 0 aliphatic heterocycles. The summed E-state index contributed by atoms with van der Waals surface area (Å²) >= 11 is 1.28. The molecule has 8 heteroatoms. The van der Waals surface area contributed by atoms with Crippen LogP contribution in [0.5, 0.6) is 0 Å². The number of hydrogen-bond acceptors (Lipinski definition) is 4. The van der Waals surface area contributed by atoms with E-state index in [4.69, 9.17) is 5.11 Å². The van der Waals surface area contributed by atoms with E-state index in [0.29, 0.717) is 9.88 Å². The van der Waals surface area contributed by atoms with Crippen molar-refractivity contribution >= 4 is 23.2 Å². The van der Waals surface area contributed by atoms with Gasteiger partial charge in [-0.15, -0.1) is 11.3 Å². The Balaban J connectivity index is 2.78. The average Bonchev–Trinajstić information content (AvgIpc) is 2.56. The highest BCUT2D eigenvalue weighted by Crippen LogP contribution is 2.16. The van der Waals surface area contributed by atoms with E-state index in [1.54, 1.807) is 13.8 Å². The number of carbonyl (C=O) groups excluding carboxylic acids is 1. The number of carboxylic acid groups (broad SMARTS) is 1. The highest BCUT2D eigenvalue weighted by Gasteiger charge is 2.26. The summed E-state index contributed by atoms with van der Waals surface area (Å²) in [4.78, 5) is 27.0. The summed E-state index contributed by atoms with van der Waals surface area (Å²) in [5.41, 5.74) is 0.0815. The van der Waals surface area contributed by atoms with E-state index in [1.807, 2.05) is 5.32 Å². The maximum absolute atomic E-state index is 12.2. The van der Waals surface area contributed by atoms with Crippen LogP contribution in [0.1, 0.15) is 26.8 Å². The third kappa shape index (κ3) is 3.73. The number of aliphatic carboxylic acids is 1. The fourth-order valence-corrected chi connectivity index (χ4v) is 2.18. The van der Waals surface area contributed by atoms with E-state index in [9.17, 15) is 18.4 Å². The second-order valence-electron chi connectivity index (χ2n) is 3.63. The Morgan fingerprint density at radius 1 is 1.44 bits per heavy atom. The molecule has 0 bridgehead atoms. The highest BCUT2D eigenvalue weighted by atomic mass is 32.1. The number of alkyl halides is 2. The summed E-state index contributed by atoms with van der Waals surface area (Å²) in [7, 11) is 0. The van der Waals surface area contributed by atoms with Gasteiger partial charge in [-0.3, -0.25) is 4.79 Å². The summed E-state index contributed by atoms with van der Waals surface area (Å²) in [6, 6.07) is -1.61. The van der Waals surface area contributed by atoms with Crippen molar-refractivity contribution in [3.05, 3.63) is 15.6 Å². The number of nitrogens with zero attached hydrogens (tertiary/aromatic N) is 1. The first-order valence-corrected chi connectivity index (χ1v) is 5.88. The predicted octanol–water partition coefficient (Wildman–Crippen LogP) is 1.60. The molecule has 0 aliphatic rings. The molecule has 0 aromatic carbocycles. The molecular formula is C10H12F2N2O3S. The van der Waals surface area contributed by atoms with Gasteiger partial charge in [0.25, 0.3) is 5.91 Å². The molecule has 1 aromatic heterocycles. The van der Waals surface area contributed by atoms with Crippen LogP contribution < -0.4 is 5.32 Å². The lowest BCUT2D eigenvalue weighted by Crippen LogP contribution is -2.42. The summed E-state index contributed by atoms with van der Waals surface area (Å²) in [6.45, 7) is 3.35. The Morgan fingerprint density at radius 3 is 2.44 bits per heavy atom. The molecule has 1 aromatic rings. The van der Waals surface area contributed by atoms with E-state index in [1.165, 1.54) is 11.3 Å². The number of rotatable bonds is 5. The van der Waals surface area contributed by atoms with Gasteiger partial charge in [0.05, 0.1) is 5.01 Å². The van der Waals surface area contributed by atoms with Crippen molar-refractivity contribution < 1.29 is 23.5 Å². The smallest absolute Gasteiger partial charge is 0.326 e.